The van der Waals surface area contributed by atoms with Crippen molar-refractivity contribution in [2.45, 2.75) is 0 Å². The maximum atomic E-state index is 12.7. The molecule has 0 N–H and O–H groups in total. The van der Waals surface area contributed by atoms with Gasteiger partial charge in [0.2, 0.25) is 0 Å². The third-order valence-electron chi connectivity index (χ3n) is 3.97. The summed E-state index contributed by atoms with van der Waals surface area (Å²) in [4.78, 5) is 16.8. The number of hydrogen-bond donors (Lipinski definition) is 0. The number of benzene rings is 1. The zero-order valence-corrected chi connectivity index (χ0v) is 16.2. The second-order valence-corrected chi connectivity index (χ2v) is 11.5. The minimum Gasteiger partial charge on any atom is -0.495 e. The summed E-state index contributed by atoms with van der Waals surface area (Å²) in [6.45, 7) is 3.38. The van der Waals surface area contributed by atoms with Gasteiger partial charge in [0.1, 0.15) is 5.75 Å². The van der Waals surface area contributed by atoms with E-state index in [0.29, 0.717) is 11.3 Å². The molecule has 4 nitrogen and oxygen atoms in total. The molecule has 1 aliphatic heterocycles. The molecule has 1 heterocycles. The number of hydrogen-bond acceptors (Lipinski definition) is 3. The topological polar surface area (TPSA) is 32.8 Å². The monoisotopic (exact) mass is 348 g/mol. The molecule has 2 rings (SSSR count). The quantitative estimate of drug-likeness (QED) is 0.785. The van der Waals surface area contributed by atoms with E-state index >= 15 is 0 Å². The van der Waals surface area contributed by atoms with Crippen LogP contribution in [0.1, 0.15) is 15.9 Å². The van der Waals surface area contributed by atoms with Crippen molar-refractivity contribution in [3.8, 4) is 17.6 Å². The van der Waals surface area contributed by atoms with Crippen LogP contribution in [-0.4, -0.2) is 80.6 Å². The fourth-order valence-electron chi connectivity index (χ4n) is 2.47. The second-order valence-electron chi connectivity index (χ2n) is 7.05. The molecule has 0 bridgehead atoms. The third-order valence-corrected chi connectivity index (χ3v) is 4.98. The average Bonchev–Trinajstić information content (AvgIpc) is 2.54. The summed E-state index contributed by atoms with van der Waals surface area (Å²) >= 11 is 0. The standard InChI is InChI=1S/C19H28N2O2S/c1-20-10-12-21(13-11-20)19(22)17-9-8-16(18(15-17)23-2)7-6-14-24(3,4)5/h8-9,15H,10-14H2,1-5H3. The molecule has 0 saturated carbocycles. The highest BCUT2D eigenvalue weighted by molar-refractivity contribution is 8.32. The Bertz CT molecular complexity index is 648. The van der Waals surface area contributed by atoms with Gasteiger partial charge in [-0.15, -0.1) is 0 Å². The van der Waals surface area contributed by atoms with Gasteiger partial charge in [0.25, 0.3) is 5.91 Å². The highest BCUT2D eigenvalue weighted by Gasteiger charge is 2.21. The molecule has 1 saturated heterocycles. The number of carbonyl (C=O) groups excluding carboxylic acids is 1. The number of likely N-dealkylation sites (N-methyl/N-ethyl adjacent to an activating group) is 1. The van der Waals surface area contributed by atoms with Crippen molar-refractivity contribution in [2.75, 3.05) is 64.9 Å². The molecule has 0 aliphatic carbocycles. The molecule has 1 amide bonds. The van der Waals surface area contributed by atoms with Crippen LogP contribution in [0.5, 0.6) is 5.75 Å². The van der Waals surface area contributed by atoms with E-state index in [4.69, 9.17) is 4.74 Å². The van der Waals surface area contributed by atoms with Gasteiger partial charge in [0, 0.05) is 37.5 Å². The Hall–Kier alpha value is -1.64. The number of amides is 1. The molecule has 0 aromatic heterocycles. The summed E-state index contributed by atoms with van der Waals surface area (Å²) in [5.41, 5.74) is 1.51. The summed E-state index contributed by atoms with van der Waals surface area (Å²) in [6, 6.07) is 5.57. The van der Waals surface area contributed by atoms with Crippen LogP contribution >= 0.6 is 10.0 Å². The van der Waals surface area contributed by atoms with E-state index in [1.165, 1.54) is 0 Å². The lowest BCUT2D eigenvalue weighted by molar-refractivity contribution is 0.0664. The normalized spacial score (nSPS) is 16.3. The molecule has 0 unspecified atom stereocenters. The molecule has 0 spiro atoms. The van der Waals surface area contributed by atoms with E-state index in [2.05, 4.69) is 42.6 Å². The van der Waals surface area contributed by atoms with Crippen molar-refractivity contribution in [1.29, 1.82) is 0 Å². The Morgan fingerprint density at radius 1 is 1.21 bits per heavy atom. The van der Waals surface area contributed by atoms with E-state index in [0.717, 1.165) is 37.5 Å². The number of rotatable bonds is 3. The number of carbonyl (C=O) groups is 1. The maximum Gasteiger partial charge on any atom is 0.254 e. The first-order valence-electron chi connectivity index (χ1n) is 8.11. The highest BCUT2D eigenvalue weighted by atomic mass is 32.3. The summed E-state index contributed by atoms with van der Waals surface area (Å²) in [7, 11) is 3.07. The van der Waals surface area contributed by atoms with Crippen LogP contribution in [0.4, 0.5) is 0 Å². The molecule has 1 aliphatic rings. The first-order chi connectivity index (χ1) is 11.3. The molecular weight excluding hydrogens is 320 g/mol. The van der Waals surface area contributed by atoms with Gasteiger partial charge in [0.05, 0.1) is 12.7 Å². The second kappa shape index (κ2) is 7.96. The number of methoxy groups -OCH3 is 1. The van der Waals surface area contributed by atoms with Gasteiger partial charge in [-0.1, -0.05) is 11.8 Å². The lowest BCUT2D eigenvalue weighted by Crippen LogP contribution is -2.47. The molecule has 1 fully saturated rings. The molecule has 0 radical (unpaired) electrons. The van der Waals surface area contributed by atoms with E-state index in [1.807, 2.05) is 23.1 Å². The summed E-state index contributed by atoms with van der Waals surface area (Å²) in [6.07, 6.45) is 6.74. The van der Waals surface area contributed by atoms with Gasteiger partial charge in [-0.2, -0.15) is 0 Å². The van der Waals surface area contributed by atoms with Gasteiger partial charge < -0.3 is 14.5 Å². The largest absolute Gasteiger partial charge is 0.495 e. The fourth-order valence-corrected chi connectivity index (χ4v) is 2.97. The first-order valence-corrected chi connectivity index (χ1v) is 11.1. The fraction of sp³-hybridized carbons (Fsp3) is 0.526. The molecule has 132 valence electrons. The molecule has 1 aromatic rings. The average molecular weight is 349 g/mol. The predicted octanol–water partition coefficient (Wildman–Crippen LogP) is 2.13. The predicted molar refractivity (Wildman–Crippen MR) is 104 cm³/mol. The molecule has 0 atom stereocenters. The van der Waals surface area contributed by atoms with Crippen molar-refractivity contribution in [3.63, 3.8) is 0 Å². The summed E-state index contributed by atoms with van der Waals surface area (Å²) in [5, 5.41) is 0. The lowest BCUT2D eigenvalue weighted by Gasteiger charge is -2.32. The van der Waals surface area contributed by atoms with Gasteiger partial charge in [-0.05, 0) is 44.0 Å². The Morgan fingerprint density at radius 3 is 2.46 bits per heavy atom. The number of nitrogens with zero attached hydrogens (tertiary/aromatic N) is 2. The third kappa shape index (κ3) is 5.19. The highest BCUT2D eigenvalue weighted by Crippen LogP contribution is 2.33. The van der Waals surface area contributed by atoms with Crippen LogP contribution in [0.2, 0.25) is 0 Å². The Labute approximate surface area is 147 Å². The minimum atomic E-state index is -0.634. The maximum absolute atomic E-state index is 12.7. The van der Waals surface area contributed by atoms with Gasteiger partial charge in [-0.3, -0.25) is 4.79 Å². The Kier molecular flexibility index (Phi) is 6.20. The molecule has 1 aromatic carbocycles. The van der Waals surface area contributed by atoms with Crippen LogP contribution in [0.15, 0.2) is 18.2 Å². The van der Waals surface area contributed by atoms with Crippen molar-refractivity contribution < 1.29 is 9.53 Å². The zero-order chi connectivity index (χ0) is 17.7. The number of ether oxygens (including phenoxy) is 1. The van der Waals surface area contributed by atoms with E-state index in [-0.39, 0.29) is 5.91 Å². The van der Waals surface area contributed by atoms with Crippen LogP contribution in [-0.2, 0) is 0 Å². The SMILES string of the molecule is COc1cc(C(=O)N2CCN(C)CC2)ccc1C#CCS(C)(C)C. The van der Waals surface area contributed by atoms with Crippen molar-refractivity contribution >= 4 is 15.9 Å². The van der Waals surface area contributed by atoms with E-state index in [1.54, 1.807) is 7.11 Å². The molecule has 24 heavy (non-hydrogen) atoms. The van der Waals surface area contributed by atoms with Gasteiger partial charge in [-0.25, -0.2) is 10.0 Å². The van der Waals surface area contributed by atoms with Crippen LogP contribution in [0, 0.1) is 11.8 Å². The van der Waals surface area contributed by atoms with E-state index in [9.17, 15) is 4.79 Å². The lowest BCUT2D eigenvalue weighted by atomic mass is 10.1. The summed E-state index contributed by atoms with van der Waals surface area (Å²) in [5.74, 6) is 8.07. The minimum absolute atomic E-state index is 0.0695. The Morgan fingerprint density at radius 2 is 1.88 bits per heavy atom. The molecule has 5 heteroatoms. The smallest absolute Gasteiger partial charge is 0.254 e. The van der Waals surface area contributed by atoms with Crippen molar-refractivity contribution in [1.82, 2.24) is 9.80 Å². The van der Waals surface area contributed by atoms with Crippen LogP contribution < -0.4 is 4.74 Å². The van der Waals surface area contributed by atoms with Crippen LogP contribution in [0.25, 0.3) is 0 Å². The van der Waals surface area contributed by atoms with Crippen molar-refractivity contribution in [2.24, 2.45) is 0 Å². The van der Waals surface area contributed by atoms with Gasteiger partial charge in [0.15, 0.2) is 0 Å². The Balaban J connectivity index is 2.14. The molecular formula is C19H28N2O2S. The zero-order valence-electron chi connectivity index (χ0n) is 15.4. The van der Waals surface area contributed by atoms with Crippen molar-refractivity contribution in [3.05, 3.63) is 29.3 Å². The first kappa shape index (κ1) is 18.7. The number of piperazine rings is 1. The van der Waals surface area contributed by atoms with E-state index < -0.39 is 10.0 Å². The van der Waals surface area contributed by atoms with Gasteiger partial charge >= 0.3 is 0 Å². The summed E-state index contributed by atoms with van der Waals surface area (Å²) < 4.78 is 5.45. The van der Waals surface area contributed by atoms with Crippen LogP contribution in [0.3, 0.4) is 0 Å².